The highest BCUT2D eigenvalue weighted by Gasteiger charge is 2.70. The number of hydrogen-bond acceptors (Lipinski definition) is 4. The monoisotopic (exact) mass is 457 g/mol. The molecule has 2 N–H and O–H groups in total. The van der Waals surface area contributed by atoms with Crippen LogP contribution in [0.15, 0.2) is 42.5 Å². The maximum absolute atomic E-state index is 13.7. The largest absolute Gasteiger partial charge is 0.323 e. The predicted molar refractivity (Wildman–Crippen MR) is 118 cm³/mol. The first kappa shape index (κ1) is 20.5. The van der Waals surface area contributed by atoms with Gasteiger partial charge in [-0.05, 0) is 23.6 Å². The lowest BCUT2D eigenvalue weighted by Crippen LogP contribution is -2.53. The highest BCUT2D eigenvalue weighted by molar-refractivity contribution is 6.35. The van der Waals surface area contributed by atoms with E-state index in [0.29, 0.717) is 26.9 Å². The number of hydrogen-bond donors (Lipinski definition) is 2. The molecule has 0 unspecified atom stereocenters. The van der Waals surface area contributed by atoms with Crippen molar-refractivity contribution in [3.8, 4) is 0 Å². The Morgan fingerprint density at radius 2 is 1.71 bits per heavy atom. The average Bonchev–Trinajstić information content (AvgIpc) is 3.32. The van der Waals surface area contributed by atoms with E-state index in [9.17, 15) is 14.4 Å². The molecule has 5 rings (SSSR count). The lowest BCUT2D eigenvalue weighted by molar-refractivity contribution is -0.143. The molecule has 4 atom stereocenters. The number of rotatable bonds is 3. The molecular weight excluding hydrogens is 437 g/mol. The Balaban J connectivity index is 1.63. The minimum atomic E-state index is -1.33. The number of carbonyl (C=O) groups excluding carboxylic acids is 3. The molecule has 0 radical (unpaired) electrons. The first-order chi connectivity index (χ1) is 14.8. The van der Waals surface area contributed by atoms with E-state index in [0.717, 1.165) is 0 Å². The van der Waals surface area contributed by atoms with Gasteiger partial charge in [-0.3, -0.25) is 24.6 Å². The van der Waals surface area contributed by atoms with Crippen molar-refractivity contribution in [1.29, 1.82) is 0 Å². The number of amides is 3. The maximum atomic E-state index is 13.7. The van der Waals surface area contributed by atoms with E-state index < -0.39 is 17.4 Å². The molecule has 2 aromatic rings. The summed E-state index contributed by atoms with van der Waals surface area (Å²) in [4.78, 5) is 41.8. The summed E-state index contributed by atoms with van der Waals surface area (Å²) in [5.74, 6) is -2.47. The number of imide groups is 1. The van der Waals surface area contributed by atoms with Gasteiger partial charge in [0.2, 0.25) is 17.7 Å². The van der Waals surface area contributed by atoms with E-state index in [1.54, 1.807) is 36.4 Å². The highest BCUT2D eigenvalue weighted by atomic mass is 35.5. The summed E-state index contributed by atoms with van der Waals surface area (Å²) in [6, 6.07) is 12.0. The van der Waals surface area contributed by atoms with E-state index in [2.05, 4.69) is 10.6 Å². The van der Waals surface area contributed by atoms with Crippen LogP contribution in [-0.4, -0.2) is 28.7 Å². The summed E-state index contributed by atoms with van der Waals surface area (Å²) in [5.41, 5.74) is 0.466. The Labute approximate surface area is 189 Å². The van der Waals surface area contributed by atoms with Crippen molar-refractivity contribution in [3.05, 3.63) is 63.6 Å². The molecule has 3 aliphatic heterocycles. The number of para-hydroxylation sites is 1. The van der Waals surface area contributed by atoms with Crippen molar-refractivity contribution in [2.24, 2.45) is 17.8 Å². The van der Waals surface area contributed by atoms with Crippen LogP contribution in [0.4, 0.5) is 5.69 Å². The number of nitrogens with zero attached hydrogens (tertiary/aromatic N) is 1. The second-order valence-electron chi connectivity index (χ2n) is 8.70. The third kappa shape index (κ3) is 2.71. The van der Waals surface area contributed by atoms with E-state index in [4.69, 9.17) is 23.2 Å². The molecule has 0 bridgehead atoms. The zero-order valence-corrected chi connectivity index (χ0v) is 18.5. The molecule has 2 saturated heterocycles. The van der Waals surface area contributed by atoms with Crippen molar-refractivity contribution >= 4 is 46.6 Å². The summed E-state index contributed by atoms with van der Waals surface area (Å²) in [7, 11) is 0. The summed E-state index contributed by atoms with van der Waals surface area (Å²) < 4.78 is 0. The van der Waals surface area contributed by atoms with Gasteiger partial charge in [0, 0.05) is 16.6 Å². The molecule has 3 amide bonds. The van der Waals surface area contributed by atoms with Gasteiger partial charge >= 0.3 is 0 Å². The van der Waals surface area contributed by atoms with Gasteiger partial charge in [-0.1, -0.05) is 67.4 Å². The molecule has 6 nitrogen and oxygen atoms in total. The number of halogens is 2. The van der Waals surface area contributed by atoms with Crippen LogP contribution >= 0.6 is 23.2 Å². The molecule has 3 aliphatic rings. The topological polar surface area (TPSA) is 78.5 Å². The van der Waals surface area contributed by atoms with Crippen LogP contribution in [0.25, 0.3) is 0 Å². The van der Waals surface area contributed by atoms with Crippen molar-refractivity contribution in [2.75, 3.05) is 5.32 Å². The Bertz CT molecular complexity index is 1130. The van der Waals surface area contributed by atoms with Gasteiger partial charge in [0.05, 0.1) is 29.1 Å². The summed E-state index contributed by atoms with van der Waals surface area (Å²) in [5, 5.41) is 7.13. The fourth-order valence-electron chi connectivity index (χ4n) is 5.31. The van der Waals surface area contributed by atoms with Gasteiger partial charge in [-0.15, -0.1) is 0 Å². The second-order valence-corrected chi connectivity index (χ2v) is 9.51. The first-order valence-electron chi connectivity index (χ1n) is 10.2. The van der Waals surface area contributed by atoms with Crippen LogP contribution in [-0.2, 0) is 26.5 Å². The molecule has 160 valence electrons. The van der Waals surface area contributed by atoms with Crippen molar-refractivity contribution in [2.45, 2.75) is 32.0 Å². The fraction of sp³-hybridized carbons (Fsp3) is 0.348. The quantitative estimate of drug-likeness (QED) is 0.690. The smallest absolute Gasteiger partial charge is 0.250 e. The average molecular weight is 458 g/mol. The fourth-order valence-corrected chi connectivity index (χ4v) is 5.73. The highest BCUT2D eigenvalue weighted by Crippen LogP contribution is 2.55. The van der Waals surface area contributed by atoms with E-state index in [-0.39, 0.29) is 36.2 Å². The maximum Gasteiger partial charge on any atom is 0.250 e. The van der Waals surface area contributed by atoms with Crippen LogP contribution in [0.3, 0.4) is 0 Å². The molecule has 3 heterocycles. The lowest BCUT2D eigenvalue weighted by Gasteiger charge is -2.30. The summed E-state index contributed by atoms with van der Waals surface area (Å²) in [6.07, 6.45) is 0. The minimum absolute atomic E-state index is 0.0277. The number of fused-ring (bicyclic) bond motifs is 4. The van der Waals surface area contributed by atoms with Gasteiger partial charge in [0.15, 0.2) is 0 Å². The van der Waals surface area contributed by atoms with Gasteiger partial charge in [-0.25, -0.2) is 0 Å². The Morgan fingerprint density at radius 3 is 2.42 bits per heavy atom. The third-order valence-corrected chi connectivity index (χ3v) is 7.41. The van der Waals surface area contributed by atoms with Crippen LogP contribution in [0.5, 0.6) is 0 Å². The summed E-state index contributed by atoms with van der Waals surface area (Å²) in [6.45, 7) is 4.04. The van der Waals surface area contributed by atoms with Crippen LogP contribution in [0, 0.1) is 17.8 Å². The van der Waals surface area contributed by atoms with Gasteiger partial charge < -0.3 is 5.32 Å². The van der Waals surface area contributed by atoms with E-state index >= 15 is 0 Å². The zero-order valence-electron chi connectivity index (χ0n) is 17.0. The molecule has 2 aromatic carbocycles. The molecule has 1 spiro atoms. The van der Waals surface area contributed by atoms with E-state index in [1.165, 1.54) is 4.90 Å². The number of benzene rings is 2. The SMILES string of the molecule is CC(C)[C@@H]1N[C@@]2(C(=O)Nc3c(Cl)cccc32)[C@H]2C(=O)N(Cc3ccccc3Cl)C(=O)[C@H]12. The number of nitrogens with one attached hydrogen (secondary N) is 2. The molecular formula is C23H21Cl2N3O3. The zero-order chi connectivity index (χ0) is 22.1. The van der Waals surface area contributed by atoms with Crippen LogP contribution < -0.4 is 10.6 Å². The normalized spacial score (nSPS) is 29.1. The number of likely N-dealkylation sites (tertiary alicyclic amines) is 1. The molecule has 0 aromatic heterocycles. The standard InChI is InChI=1S/C23H21Cl2N3O3/c1-11(2)18-16-17(21(30)28(20(16)29)10-12-6-3-4-8-14(12)24)23(27-18)13-7-5-9-15(25)19(13)26-22(23)31/h3-9,11,16-18,27H,10H2,1-2H3,(H,26,31)/t16-,17+,18-,23+/m0/s1. The Hall–Kier alpha value is -2.41. The summed E-state index contributed by atoms with van der Waals surface area (Å²) >= 11 is 12.6. The lowest BCUT2D eigenvalue weighted by atomic mass is 9.76. The van der Waals surface area contributed by atoms with E-state index in [1.807, 2.05) is 19.9 Å². The van der Waals surface area contributed by atoms with Crippen molar-refractivity contribution in [1.82, 2.24) is 10.2 Å². The first-order valence-corrected chi connectivity index (χ1v) is 11.0. The molecule has 8 heteroatoms. The third-order valence-electron chi connectivity index (χ3n) is 6.73. The minimum Gasteiger partial charge on any atom is -0.323 e. The van der Waals surface area contributed by atoms with Crippen molar-refractivity contribution < 1.29 is 14.4 Å². The van der Waals surface area contributed by atoms with Crippen molar-refractivity contribution in [3.63, 3.8) is 0 Å². The van der Waals surface area contributed by atoms with Gasteiger partial charge in [-0.2, -0.15) is 0 Å². The number of carbonyl (C=O) groups is 3. The van der Waals surface area contributed by atoms with Gasteiger partial charge in [0.25, 0.3) is 0 Å². The van der Waals surface area contributed by atoms with Crippen LogP contribution in [0.1, 0.15) is 25.0 Å². The number of anilines is 1. The Morgan fingerprint density at radius 1 is 1.00 bits per heavy atom. The van der Waals surface area contributed by atoms with Gasteiger partial charge in [0.1, 0.15) is 5.54 Å². The molecule has 0 aliphatic carbocycles. The molecule has 2 fully saturated rings. The molecule has 31 heavy (non-hydrogen) atoms. The molecule has 0 saturated carbocycles. The Kier molecular flexibility index (Phi) is 4.66. The second kappa shape index (κ2) is 7.05. The van der Waals surface area contributed by atoms with Crippen LogP contribution in [0.2, 0.25) is 10.0 Å². The predicted octanol–water partition coefficient (Wildman–Crippen LogP) is 3.57.